The molecule has 0 aliphatic rings. The molecule has 1 aromatic heterocycles. The van der Waals surface area contributed by atoms with Crippen LogP contribution in [-0.2, 0) is 31.3 Å². The Morgan fingerprint density at radius 1 is 1.10 bits per heavy atom. The van der Waals surface area contributed by atoms with Gasteiger partial charge in [-0.25, -0.2) is 0 Å². The van der Waals surface area contributed by atoms with Gasteiger partial charge in [0.25, 0.3) is 0 Å². The zero-order valence-electron chi connectivity index (χ0n) is 19.5. The molecule has 4 heteroatoms. The van der Waals surface area contributed by atoms with Crippen molar-refractivity contribution in [3.8, 4) is 11.3 Å². The van der Waals surface area contributed by atoms with Gasteiger partial charge in [0, 0.05) is 31.6 Å². The summed E-state index contributed by atoms with van der Waals surface area (Å²) in [6.07, 6.45) is 2.20. The van der Waals surface area contributed by atoms with Crippen LogP contribution in [0.3, 0.4) is 0 Å². The molecule has 31 heavy (non-hydrogen) atoms. The molecule has 2 aromatic carbocycles. The Hall–Kier alpha value is -2.29. The van der Waals surface area contributed by atoms with Crippen LogP contribution < -0.4 is 0 Å². The van der Waals surface area contributed by atoms with E-state index in [-0.39, 0.29) is 37.1 Å². The minimum Gasteiger partial charge on any atom is -0.512 e. The normalized spacial score (nSPS) is 11.4. The maximum Gasteiger partial charge on any atom is 0.155 e. The van der Waals surface area contributed by atoms with Gasteiger partial charge in [-0.3, -0.25) is 9.78 Å². The first-order chi connectivity index (χ1) is 13.9. The zero-order chi connectivity index (χ0) is 22.5. The molecule has 0 aliphatic carbocycles. The molecule has 3 rings (SSSR count). The van der Waals surface area contributed by atoms with Crippen LogP contribution >= 0.6 is 0 Å². The molecule has 0 spiro atoms. The number of aromatic nitrogens is 1. The van der Waals surface area contributed by atoms with Gasteiger partial charge in [0.2, 0.25) is 0 Å². The van der Waals surface area contributed by atoms with Crippen molar-refractivity contribution in [1.29, 1.82) is 0 Å². The first-order valence-electron chi connectivity index (χ1n) is 10.2. The van der Waals surface area contributed by atoms with Crippen LogP contribution in [0.2, 0.25) is 0 Å². The van der Waals surface area contributed by atoms with Crippen LogP contribution in [-0.4, -0.2) is 15.9 Å². The number of nitrogens with zero attached hydrogens (tertiary/aromatic N) is 1. The monoisotopic (exact) mass is 595 g/mol. The minimum atomic E-state index is -0.125. The molecule has 0 atom stereocenters. The second-order valence-electron chi connectivity index (χ2n) is 9.07. The van der Waals surface area contributed by atoms with E-state index in [2.05, 4.69) is 83.1 Å². The molecule has 1 radical (unpaired) electrons. The molecular weight excluding hydrogens is 563 g/mol. The average Bonchev–Trinajstić information content (AvgIpc) is 2.59. The fourth-order valence-electron chi connectivity index (χ4n) is 3.43. The molecule has 0 saturated carbocycles. The topological polar surface area (TPSA) is 50.2 Å². The van der Waals surface area contributed by atoms with E-state index in [1.165, 1.54) is 36.4 Å². The molecule has 3 nitrogen and oxygen atoms in total. The van der Waals surface area contributed by atoms with Gasteiger partial charge in [-0.2, -0.15) is 0 Å². The summed E-state index contributed by atoms with van der Waals surface area (Å²) in [4.78, 5) is 14.9. The number of para-hydroxylation sites is 1. The number of carbonyl (C=O) groups excluding carboxylic acids is 1. The zero-order valence-corrected chi connectivity index (χ0v) is 21.9. The summed E-state index contributed by atoms with van der Waals surface area (Å²) in [5, 5.41) is 9.62. The van der Waals surface area contributed by atoms with Crippen LogP contribution in [0.5, 0.6) is 0 Å². The third kappa shape index (κ3) is 8.77. The SMILES string of the molecule is CC(=O)/C=C(/C)O.Cc1[c-]c(-c2cc(CC(C)(C)C)c3ccccc3n2)cc(C)c1.[Ir]. The van der Waals surface area contributed by atoms with Gasteiger partial charge >= 0.3 is 0 Å². The van der Waals surface area contributed by atoms with Gasteiger partial charge in [0.05, 0.1) is 11.3 Å². The molecule has 0 bridgehead atoms. The van der Waals surface area contributed by atoms with Gasteiger partial charge in [-0.15, -0.1) is 34.9 Å². The Morgan fingerprint density at radius 3 is 2.26 bits per heavy atom. The van der Waals surface area contributed by atoms with E-state index in [0.29, 0.717) is 0 Å². The van der Waals surface area contributed by atoms with E-state index >= 15 is 0 Å². The summed E-state index contributed by atoms with van der Waals surface area (Å²) in [7, 11) is 0. The smallest absolute Gasteiger partial charge is 0.155 e. The van der Waals surface area contributed by atoms with Crippen molar-refractivity contribution in [1.82, 2.24) is 4.98 Å². The number of hydrogen-bond donors (Lipinski definition) is 1. The second-order valence-corrected chi connectivity index (χ2v) is 9.07. The van der Waals surface area contributed by atoms with Crippen molar-refractivity contribution in [3.05, 3.63) is 77.1 Å². The fourth-order valence-corrected chi connectivity index (χ4v) is 3.43. The van der Waals surface area contributed by atoms with Crippen molar-refractivity contribution < 1.29 is 30.0 Å². The van der Waals surface area contributed by atoms with E-state index in [9.17, 15) is 4.79 Å². The van der Waals surface area contributed by atoms with Crippen molar-refractivity contribution >= 4 is 16.7 Å². The number of benzene rings is 2. The second kappa shape index (κ2) is 11.4. The number of ketones is 1. The number of aliphatic hydroxyl groups excluding tert-OH is 1. The predicted molar refractivity (Wildman–Crippen MR) is 126 cm³/mol. The van der Waals surface area contributed by atoms with E-state index < -0.39 is 0 Å². The van der Waals surface area contributed by atoms with E-state index in [0.717, 1.165) is 28.8 Å². The molecule has 167 valence electrons. The van der Waals surface area contributed by atoms with Crippen LogP contribution in [0.15, 0.2) is 54.3 Å². The Kier molecular flexibility index (Phi) is 9.80. The van der Waals surface area contributed by atoms with Crippen molar-refractivity contribution in [2.45, 2.75) is 54.9 Å². The quantitative estimate of drug-likeness (QED) is 0.203. The molecular formula is C27H32IrNO2-. The number of allylic oxidation sites excluding steroid dienone is 2. The molecule has 0 saturated heterocycles. The number of carbonyl (C=O) groups is 1. The first kappa shape index (κ1) is 26.7. The Morgan fingerprint density at radius 2 is 1.74 bits per heavy atom. The Bertz CT molecular complexity index is 1050. The summed E-state index contributed by atoms with van der Waals surface area (Å²) >= 11 is 0. The maximum atomic E-state index is 10.0. The van der Waals surface area contributed by atoms with Crippen LogP contribution in [0.4, 0.5) is 0 Å². The van der Waals surface area contributed by atoms with Gasteiger partial charge in [-0.1, -0.05) is 58.9 Å². The predicted octanol–water partition coefficient (Wildman–Crippen LogP) is 6.94. The molecule has 0 amide bonds. The third-order valence-electron chi connectivity index (χ3n) is 4.36. The number of aliphatic hydroxyl groups is 1. The average molecular weight is 595 g/mol. The van der Waals surface area contributed by atoms with Gasteiger partial charge in [0.1, 0.15) is 0 Å². The van der Waals surface area contributed by atoms with Crippen molar-refractivity contribution in [2.75, 3.05) is 0 Å². The summed E-state index contributed by atoms with van der Waals surface area (Å²) in [6.45, 7) is 13.9. The molecule has 0 aliphatic heterocycles. The van der Waals surface area contributed by atoms with E-state index in [1.807, 2.05) is 0 Å². The van der Waals surface area contributed by atoms with Gasteiger partial charge in [0.15, 0.2) is 5.78 Å². The van der Waals surface area contributed by atoms with E-state index in [1.54, 1.807) is 0 Å². The molecule has 1 N–H and O–H groups in total. The van der Waals surface area contributed by atoms with Crippen molar-refractivity contribution in [2.24, 2.45) is 5.41 Å². The van der Waals surface area contributed by atoms with Crippen LogP contribution in [0.25, 0.3) is 22.2 Å². The number of hydrogen-bond acceptors (Lipinski definition) is 3. The summed E-state index contributed by atoms with van der Waals surface area (Å²) in [5.41, 5.74) is 7.20. The molecule has 3 aromatic rings. The molecule has 0 unspecified atom stereocenters. The third-order valence-corrected chi connectivity index (χ3v) is 4.36. The number of rotatable bonds is 3. The maximum absolute atomic E-state index is 10.0. The fraction of sp³-hybridized carbons (Fsp3) is 0.333. The molecule has 1 heterocycles. The number of pyridine rings is 1. The summed E-state index contributed by atoms with van der Waals surface area (Å²) in [5.74, 6) is -0.0625. The van der Waals surface area contributed by atoms with Gasteiger partial charge in [-0.05, 0) is 43.0 Å². The van der Waals surface area contributed by atoms with Gasteiger partial charge < -0.3 is 5.11 Å². The molecule has 0 fully saturated rings. The number of fused-ring (bicyclic) bond motifs is 1. The van der Waals surface area contributed by atoms with Crippen LogP contribution in [0, 0.1) is 25.3 Å². The van der Waals surface area contributed by atoms with Crippen molar-refractivity contribution in [3.63, 3.8) is 0 Å². The Labute approximate surface area is 200 Å². The summed E-state index contributed by atoms with van der Waals surface area (Å²) < 4.78 is 0. The number of aryl methyl sites for hydroxylation is 2. The minimum absolute atomic E-state index is 0. The Balaban J connectivity index is 0.000000523. The van der Waals surface area contributed by atoms with Crippen LogP contribution in [0.1, 0.15) is 51.3 Å². The standard InChI is InChI=1S/C22H24N.C5H8O2.Ir/c1-15-10-16(2)12-17(11-15)21-13-18(14-22(3,4)5)19-8-6-7-9-20(19)23-21;1-4(6)3-5(2)7;/h6-11,13H,14H2,1-5H3;3,6H,1-2H3;/q-1;;/b;4-3-;. The first-order valence-corrected chi connectivity index (χ1v) is 10.2. The van der Waals surface area contributed by atoms with E-state index in [4.69, 9.17) is 10.1 Å². The summed E-state index contributed by atoms with van der Waals surface area (Å²) in [6, 6.07) is 18.5. The largest absolute Gasteiger partial charge is 0.512 e.